The molecule has 0 radical (unpaired) electrons. The smallest absolute Gasteiger partial charge is 0.0543 e. The van der Waals surface area contributed by atoms with Crippen molar-refractivity contribution >= 4 is 34.1 Å². The third-order valence-electron chi connectivity index (χ3n) is 10.7. The first kappa shape index (κ1) is 30.2. The summed E-state index contributed by atoms with van der Waals surface area (Å²) in [6.07, 6.45) is 1.94. The lowest BCUT2D eigenvalue weighted by molar-refractivity contribution is 1.24. The number of fused-ring (bicyclic) bond motifs is 6. The van der Waals surface area contributed by atoms with Gasteiger partial charge in [0.2, 0.25) is 0 Å². The monoisotopic (exact) mass is 664 g/mol. The van der Waals surface area contributed by atoms with Crippen molar-refractivity contribution < 1.29 is 0 Å². The number of anilines is 6. The Labute approximate surface area is 305 Å². The van der Waals surface area contributed by atoms with Crippen molar-refractivity contribution in [1.29, 1.82) is 0 Å². The summed E-state index contributed by atoms with van der Waals surface area (Å²) in [6.45, 7) is 0. The van der Waals surface area contributed by atoms with Gasteiger partial charge in [-0.1, -0.05) is 133 Å². The predicted molar refractivity (Wildman–Crippen MR) is 218 cm³/mol. The molecule has 0 unspecified atom stereocenters. The van der Waals surface area contributed by atoms with Crippen LogP contribution in [0.3, 0.4) is 0 Å². The maximum atomic E-state index is 2.40. The van der Waals surface area contributed by atoms with E-state index < -0.39 is 0 Å². The molecule has 2 heteroatoms. The summed E-state index contributed by atoms with van der Waals surface area (Å²) in [5.41, 5.74) is 20.2. The highest BCUT2D eigenvalue weighted by molar-refractivity contribution is 5.95. The first-order chi connectivity index (χ1) is 25.8. The molecule has 0 N–H and O–H groups in total. The second-order valence-electron chi connectivity index (χ2n) is 13.7. The summed E-state index contributed by atoms with van der Waals surface area (Å²) in [5.74, 6) is 0. The molecule has 2 aliphatic carbocycles. The van der Waals surface area contributed by atoms with Crippen LogP contribution in [0.15, 0.2) is 194 Å². The van der Waals surface area contributed by atoms with Crippen LogP contribution in [0.5, 0.6) is 0 Å². The Kier molecular flexibility index (Phi) is 7.32. The molecule has 0 heterocycles. The molecule has 52 heavy (non-hydrogen) atoms. The van der Waals surface area contributed by atoms with Crippen molar-refractivity contribution in [2.45, 2.75) is 12.8 Å². The van der Waals surface area contributed by atoms with E-state index in [0.29, 0.717) is 0 Å². The Morgan fingerprint density at radius 2 is 0.615 bits per heavy atom. The van der Waals surface area contributed by atoms with Crippen LogP contribution in [0.2, 0.25) is 0 Å². The normalized spacial score (nSPS) is 12.1. The van der Waals surface area contributed by atoms with Crippen molar-refractivity contribution in [2.24, 2.45) is 0 Å². The molecule has 0 atom stereocenters. The van der Waals surface area contributed by atoms with E-state index in [2.05, 4.69) is 204 Å². The van der Waals surface area contributed by atoms with Gasteiger partial charge in [0.05, 0.1) is 11.4 Å². The Morgan fingerprint density at radius 1 is 0.269 bits per heavy atom. The minimum atomic E-state index is 0.971. The van der Waals surface area contributed by atoms with Crippen LogP contribution in [0.4, 0.5) is 34.1 Å². The van der Waals surface area contributed by atoms with Gasteiger partial charge in [0.25, 0.3) is 0 Å². The van der Waals surface area contributed by atoms with Crippen LogP contribution in [-0.2, 0) is 12.8 Å². The van der Waals surface area contributed by atoms with E-state index >= 15 is 0 Å². The number of benzene rings is 8. The molecule has 8 aromatic carbocycles. The quantitative estimate of drug-likeness (QED) is 0.167. The lowest BCUT2D eigenvalue weighted by Crippen LogP contribution is -2.11. The van der Waals surface area contributed by atoms with Crippen molar-refractivity contribution in [2.75, 3.05) is 9.80 Å². The zero-order valence-electron chi connectivity index (χ0n) is 28.8. The number of nitrogens with zero attached hydrogens (tertiary/aromatic N) is 2. The molecular weight excluding hydrogens is 629 g/mol. The number of rotatable bonds is 7. The molecule has 0 bridgehead atoms. The Morgan fingerprint density at radius 3 is 1.04 bits per heavy atom. The molecule has 0 aromatic heterocycles. The van der Waals surface area contributed by atoms with Crippen LogP contribution in [-0.4, -0.2) is 0 Å². The molecular formula is C50H36N2. The Hall–Kier alpha value is -6.64. The molecule has 8 aromatic rings. The molecule has 0 spiro atoms. The zero-order chi connectivity index (χ0) is 34.4. The van der Waals surface area contributed by atoms with Crippen molar-refractivity contribution in [3.8, 4) is 33.4 Å². The second kappa shape index (κ2) is 12.6. The van der Waals surface area contributed by atoms with Gasteiger partial charge in [0, 0.05) is 33.9 Å². The molecule has 0 saturated carbocycles. The molecule has 0 amide bonds. The Bertz CT molecular complexity index is 2370. The molecule has 2 aliphatic rings. The van der Waals surface area contributed by atoms with Gasteiger partial charge in [-0.15, -0.1) is 0 Å². The van der Waals surface area contributed by atoms with Gasteiger partial charge in [-0.25, -0.2) is 0 Å². The molecule has 0 saturated heterocycles. The minimum Gasteiger partial charge on any atom is -0.310 e. The standard InChI is InChI=1S/C50H36N2/c1-3-17-41(18-4-1)51(47-23-11-15-39-33-37-13-7-9-21-45(37)49(39)47)43-29-25-35(26-30-43)36-27-31-44(32-28-36)52(42-19-5-2-6-20-42)48-24-12-16-40-34-38-14-8-10-22-46(38)50(40)48/h1-32H,33-34H2. The zero-order valence-corrected chi connectivity index (χ0v) is 28.8. The van der Waals surface area contributed by atoms with Gasteiger partial charge < -0.3 is 9.80 Å². The SMILES string of the molecule is c1ccc(N(c2ccc(-c3ccc(N(c4ccccc4)c4cccc5c4-c4ccccc4C5)cc3)cc2)c2cccc3c2-c2ccccc2C3)cc1. The van der Waals surface area contributed by atoms with Gasteiger partial charge in [0.15, 0.2) is 0 Å². The fraction of sp³-hybridized carbons (Fsp3) is 0.0400. The summed E-state index contributed by atoms with van der Waals surface area (Å²) in [5, 5.41) is 0. The summed E-state index contributed by atoms with van der Waals surface area (Å²) in [4.78, 5) is 4.81. The van der Waals surface area contributed by atoms with Crippen molar-refractivity contribution in [3.63, 3.8) is 0 Å². The predicted octanol–water partition coefficient (Wildman–Crippen LogP) is 13.4. The van der Waals surface area contributed by atoms with Crippen LogP contribution in [0.25, 0.3) is 33.4 Å². The van der Waals surface area contributed by atoms with Crippen LogP contribution < -0.4 is 9.80 Å². The van der Waals surface area contributed by atoms with Gasteiger partial charge >= 0.3 is 0 Å². The highest BCUT2D eigenvalue weighted by Gasteiger charge is 2.27. The average Bonchev–Trinajstić information content (AvgIpc) is 3.79. The van der Waals surface area contributed by atoms with E-state index in [-0.39, 0.29) is 0 Å². The van der Waals surface area contributed by atoms with Crippen molar-refractivity contribution in [3.05, 3.63) is 216 Å². The third-order valence-corrected chi connectivity index (χ3v) is 10.7. The van der Waals surface area contributed by atoms with Crippen LogP contribution >= 0.6 is 0 Å². The molecule has 0 fully saturated rings. The highest BCUT2D eigenvalue weighted by Crippen LogP contribution is 2.49. The maximum Gasteiger partial charge on any atom is 0.0543 e. The summed E-state index contributed by atoms with van der Waals surface area (Å²) in [6, 6.07) is 70.7. The van der Waals surface area contributed by atoms with Crippen LogP contribution in [0.1, 0.15) is 22.3 Å². The average molecular weight is 665 g/mol. The van der Waals surface area contributed by atoms with Gasteiger partial charge in [-0.05, 0) is 118 Å². The maximum absolute atomic E-state index is 2.40. The molecule has 2 nitrogen and oxygen atoms in total. The lowest BCUT2D eigenvalue weighted by atomic mass is 10.00. The van der Waals surface area contributed by atoms with Gasteiger partial charge in [-0.3, -0.25) is 0 Å². The molecule has 10 rings (SSSR count). The van der Waals surface area contributed by atoms with Crippen molar-refractivity contribution in [1.82, 2.24) is 0 Å². The van der Waals surface area contributed by atoms with E-state index in [1.807, 2.05) is 0 Å². The highest BCUT2D eigenvalue weighted by atomic mass is 15.2. The summed E-state index contributed by atoms with van der Waals surface area (Å²) >= 11 is 0. The van der Waals surface area contributed by atoms with E-state index in [0.717, 1.165) is 35.6 Å². The summed E-state index contributed by atoms with van der Waals surface area (Å²) < 4.78 is 0. The third kappa shape index (κ3) is 5.11. The lowest BCUT2D eigenvalue weighted by Gasteiger charge is -2.28. The molecule has 0 aliphatic heterocycles. The summed E-state index contributed by atoms with van der Waals surface area (Å²) in [7, 11) is 0. The fourth-order valence-corrected chi connectivity index (χ4v) is 8.32. The Balaban J connectivity index is 1.02. The number of hydrogen-bond donors (Lipinski definition) is 0. The molecule has 246 valence electrons. The van der Waals surface area contributed by atoms with Gasteiger partial charge in [-0.2, -0.15) is 0 Å². The minimum absolute atomic E-state index is 0.971. The first-order valence-corrected chi connectivity index (χ1v) is 18.1. The fourth-order valence-electron chi connectivity index (χ4n) is 8.32. The van der Waals surface area contributed by atoms with E-state index in [1.165, 1.54) is 67.0 Å². The largest absolute Gasteiger partial charge is 0.310 e. The number of para-hydroxylation sites is 2. The second-order valence-corrected chi connectivity index (χ2v) is 13.7. The first-order valence-electron chi connectivity index (χ1n) is 18.1. The van der Waals surface area contributed by atoms with Crippen LogP contribution in [0, 0.1) is 0 Å². The van der Waals surface area contributed by atoms with Gasteiger partial charge in [0.1, 0.15) is 0 Å². The van der Waals surface area contributed by atoms with E-state index in [4.69, 9.17) is 0 Å². The number of hydrogen-bond acceptors (Lipinski definition) is 2. The topological polar surface area (TPSA) is 6.48 Å². The van der Waals surface area contributed by atoms with E-state index in [1.54, 1.807) is 0 Å². The van der Waals surface area contributed by atoms with E-state index in [9.17, 15) is 0 Å².